The first-order valence-corrected chi connectivity index (χ1v) is 12.3. The van der Waals surface area contributed by atoms with Crippen molar-refractivity contribution in [1.29, 1.82) is 0 Å². The second-order valence-corrected chi connectivity index (χ2v) is 11.4. The SMILES string of the molecule is O=C1CC2CC1C1CCCC21.O=S(=O)(OC1=CC2CC1C1CCCC21)C(F)(F)F. The van der Waals surface area contributed by atoms with E-state index < -0.39 is 15.6 Å². The summed E-state index contributed by atoms with van der Waals surface area (Å²) in [4.78, 5) is 11.4. The zero-order valence-corrected chi connectivity index (χ0v) is 17.1. The van der Waals surface area contributed by atoms with Gasteiger partial charge in [0.1, 0.15) is 11.5 Å². The Balaban J connectivity index is 0.000000140. The number of alkyl halides is 3. The standard InChI is InChI=1S/C11H13F3O3S.C10H14O/c12-11(13,14)18(15,16)17-10-5-6-4-9(10)8-3-1-2-7(6)8;11-10-5-6-4-9(10)8-3-1-2-7(6)8/h5-9H,1-4H2;6-9H,1-5H2. The van der Waals surface area contributed by atoms with E-state index in [1.54, 1.807) is 6.08 Å². The Morgan fingerprint density at radius 3 is 2.21 bits per heavy atom. The van der Waals surface area contributed by atoms with Crippen molar-refractivity contribution in [2.24, 2.45) is 47.3 Å². The van der Waals surface area contributed by atoms with Crippen LogP contribution in [-0.4, -0.2) is 19.7 Å². The topological polar surface area (TPSA) is 60.4 Å². The fourth-order valence-electron chi connectivity index (χ4n) is 7.60. The lowest BCUT2D eigenvalue weighted by atomic mass is 9.81. The van der Waals surface area contributed by atoms with E-state index in [1.807, 2.05) is 0 Å². The van der Waals surface area contributed by atoms with Crippen molar-refractivity contribution in [2.75, 3.05) is 0 Å². The molecule has 0 saturated heterocycles. The van der Waals surface area contributed by atoms with Gasteiger partial charge in [0.2, 0.25) is 0 Å². The Kier molecular flexibility index (Phi) is 4.61. The van der Waals surface area contributed by atoms with Crippen molar-refractivity contribution in [3.05, 3.63) is 11.8 Å². The van der Waals surface area contributed by atoms with E-state index in [4.69, 9.17) is 0 Å². The van der Waals surface area contributed by atoms with Gasteiger partial charge >= 0.3 is 15.6 Å². The maximum absolute atomic E-state index is 12.3. The fraction of sp³-hybridized carbons (Fsp3) is 0.857. The molecule has 29 heavy (non-hydrogen) atoms. The molecule has 6 rings (SSSR count). The van der Waals surface area contributed by atoms with Gasteiger partial charge in [-0.05, 0) is 80.1 Å². The molecule has 0 amide bonds. The molecule has 0 aliphatic heterocycles. The lowest BCUT2D eigenvalue weighted by molar-refractivity contribution is -0.123. The maximum atomic E-state index is 12.3. The van der Waals surface area contributed by atoms with E-state index in [2.05, 4.69) is 4.18 Å². The maximum Gasteiger partial charge on any atom is 0.534 e. The van der Waals surface area contributed by atoms with Gasteiger partial charge in [0.15, 0.2) is 0 Å². The molecule has 0 N–H and O–H groups in total. The molecular weight excluding hydrogens is 405 g/mol. The third-order valence-corrected chi connectivity index (χ3v) is 9.61. The molecular formula is C21H27F3O4S. The molecule has 162 valence electrons. The summed E-state index contributed by atoms with van der Waals surface area (Å²) in [5.74, 6) is 4.69. The molecule has 5 saturated carbocycles. The van der Waals surface area contributed by atoms with Crippen LogP contribution in [0.3, 0.4) is 0 Å². The van der Waals surface area contributed by atoms with Crippen LogP contribution in [-0.2, 0) is 19.1 Å². The second kappa shape index (κ2) is 6.72. The summed E-state index contributed by atoms with van der Waals surface area (Å²) >= 11 is 0. The van der Waals surface area contributed by atoms with Gasteiger partial charge in [-0.2, -0.15) is 21.6 Å². The van der Waals surface area contributed by atoms with E-state index in [0.29, 0.717) is 23.5 Å². The number of carbonyl (C=O) groups excluding carboxylic acids is 1. The summed E-state index contributed by atoms with van der Waals surface area (Å²) in [5.41, 5.74) is -5.34. The van der Waals surface area contributed by atoms with E-state index in [0.717, 1.165) is 49.9 Å². The average Bonchev–Trinajstić information content (AvgIpc) is 3.41. The molecule has 6 aliphatic carbocycles. The molecule has 0 aromatic rings. The molecule has 0 spiro atoms. The third kappa shape index (κ3) is 3.15. The molecule has 0 aromatic carbocycles. The molecule has 4 nitrogen and oxygen atoms in total. The van der Waals surface area contributed by atoms with Crippen LogP contribution in [0.2, 0.25) is 0 Å². The van der Waals surface area contributed by atoms with Crippen LogP contribution in [0.4, 0.5) is 13.2 Å². The Morgan fingerprint density at radius 2 is 1.52 bits per heavy atom. The van der Waals surface area contributed by atoms with Crippen LogP contribution in [0.1, 0.15) is 57.8 Å². The van der Waals surface area contributed by atoms with Crippen LogP contribution in [0.25, 0.3) is 0 Å². The number of hydrogen-bond donors (Lipinski definition) is 0. The highest BCUT2D eigenvalue weighted by Gasteiger charge is 2.55. The minimum atomic E-state index is -5.50. The lowest BCUT2D eigenvalue weighted by Gasteiger charge is -2.24. The van der Waals surface area contributed by atoms with Crippen LogP contribution in [0, 0.1) is 47.3 Å². The molecule has 6 aliphatic rings. The van der Waals surface area contributed by atoms with Crippen LogP contribution in [0.5, 0.6) is 0 Å². The van der Waals surface area contributed by atoms with Gasteiger partial charge in [-0.3, -0.25) is 4.79 Å². The number of rotatable bonds is 2. The first kappa shape index (κ1) is 19.9. The summed E-state index contributed by atoms with van der Waals surface area (Å²) < 4.78 is 63.1. The predicted octanol–water partition coefficient (Wildman–Crippen LogP) is 4.81. The number of hydrogen-bond acceptors (Lipinski definition) is 4. The molecule has 8 heteroatoms. The van der Waals surface area contributed by atoms with Crippen molar-refractivity contribution < 1.29 is 30.6 Å². The number of allylic oxidation sites excluding steroid dienone is 2. The summed E-state index contributed by atoms with van der Waals surface area (Å²) in [6.07, 6.45) is 11.9. The van der Waals surface area contributed by atoms with Crippen LogP contribution >= 0.6 is 0 Å². The molecule has 4 bridgehead atoms. The number of carbonyl (C=O) groups is 1. The van der Waals surface area contributed by atoms with E-state index in [1.165, 1.54) is 25.7 Å². The number of fused-ring (bicyclic) bond motifs is 10. The van der Waals surface area contributed by atoms with Crippen molar-refractivity contribution >= 4 is 15.9 Å². The zero-order valence-electron chi connectivity index (χ0n) is 16.2. The fourth-order valence-corrected chi connectivity index (χ4v) is 8.13. The first-order valence-electron chi connectivity index (χ1n) is 10.9. The minimum absolute atomic E-state index is 0.0282. The number of Topliss-reactive ketones (excluding diaryl/α,β-unsaturated/α-hetero) is 1. The van der Waals surface area contributed by atoms with E-state index in [-0.39, 0.29) is 17.6 Å². The smallest absolute Gasteiger partial charge is 0.381 e. The largest absolute Gasteiger partial charge is 0.534 e. The molecule has 0 radical (unpaired) electrons. The van der Waals surface area contributed by atoms with Crippen LogP contribution < -0.4 is 0 Å². The van der Waals surface area contributed by atoms with Crippen molar-refractivity contribution in [2.45, 2.75) is 63.3 Å². The molecule has 0 heterocycles. The second-order valence-electron chi connectivity index (χ2n) is 9.85. The Labute approximate surface area is 169 Å². The zero-order chi connectivity index (χ0) is 20.6. The number of ketones is 1. The van der Waals surface area contributed by atoms with E-state index >= 15 is 0 Å². The van der Waals surface area contributed by atoms with Gasteiger partial charge in [-0.15, -0.1) is 0 Å². The van der Waals surface area contributed by atoms with Crippen molar-refractivity contribution in [3.8, 4) is 0 Å². The minimum Gasteiger partial charge on any atom is -0.381 e. The summed E-state index contributed by atoms with van der Waals surface area (Å²) in [7, 11) is -5.50. The Bertz CT molecular complexity index is 833. The van der Waals surface area contributed by atoms with Gasteiger partial charge in [0.05, 0.1) is 0 Å². The molecule has 8 atom stereocenters. The first-order chi connectivity index (χ1) is 13.7. The summed E-state index contributed by atoms with van der Waals surface area (Å²) in [6.45, 7) is 0. The van der Waals surface area contributed by atoms with Gasteiger partial charge < -0.3 is 4.18 Å². The highest BCUT2D eigenvalue weighted by atomic mass is 32.2. The van der Waals surface area contributed by atoms with Gasteiger partial charge in [-0.1, -0.05) is 12.8 Å². The van der Waals surface area contributed by atoms with Gasteiger partial charge in [0.25, 0.3) is 0 Å². The van der Waals surface area contributed by atoms with E-state index in [9.17, 15) is 26.4 Å². The van der Waals surface area contributed by atoms with Crippen molar-refractivity contribution in [3.63, 3.8) is 0 Å². The number of halogens is 3. The highest BCUT2D eigenvalue weighted by molar-refractivity contribution is 7.87. The highest BCUT2D eigenvalue weighted by Crippen LogP contribution is 2.59. The molecule has 5 fully saturated rings. The van der Waals surface area contributed by atoms with Gasteiger partial charge in [-0.25, -0.2) is 0 Å². The summed E-state index contributed by atoms with van der Waals surface area (Å²) in [5, 5.41) is 0. The predicted molar refractivity (Wildman–Crippen MR) is 98.6 cm³/mol. The molecule has 0 aromatic heterocycles. The third-order valence-electron chi connectivity index (χ3n) is 8.63. The van der Waals surface area contributed by atoms with Gasteiger partial charge in [0, 0.05) is 18.3 Å². The normalized spacial score (nSPS) is 44.4. The summed E-state index contributed by atoms with van der Waals surface area (Å²) in [6, 6.07) is 0. The lowest BCUT2D eigenvalue weighted by Crippen LogP contribution is -2.28. The quantitative estimate of drug-likeness (QED) is 0.464. The van der Waals surface area contributed by atoms with Crippen LogP contribution in [0.15, 0.2) is 11.8 Å². The van der Waals surface area contributed by atoms with Crippen molar-refractivity contribution in [1.82, 2.24) is 0 Å². The Morgan fingerprint density at radius 1 is 0.897 bits per heavy atom. The molecule has 8 unspecified atom stereocenters. The monoisotopic (exact) mass is 432 g/mol. The Hall–Kier alpha value is -1.05. The average molecular weight is 433 g/mol.